The number of methoxy groups -OCH3 is 1. The molecule has 0 aliphatic carbocycles. The van der Waals surface area contributed by atoms with E-state index in [2.05, 4.69) is 10.2 Å². The zero-order valence-electron chi connectivity index (χ0n) is 7.39. The summed E-state index contributed by atoms with van der Waals surface area (Å²) in [6.45, 7) is 1.89. The van der Waals surface area contributed by atoms with Crippen LogP contribution in [0.4, 0.5) is 4.39 Å². The third-order valence-corrected chi connectivity index (χ3v) is 2.07. The van der Waals surface area contributed by atoms with Gasteiger partial charge in [0.2, 0.25) is 0 Å². The van der Waals surface area contributed by atoms with Crippen LogP contribution < -0.4 is 4.74 Å². The van der Waals surface area contributed by atoms with Gasteiger partial charge in [-0.25, -0.2) is 4.39 Å². The summed E-state index contributed by atoms with van der Waals surface area (Å²) in [5, 5.41) is 7.17. The second kappa shape index (κ2) is 2.73. The molecule has 2 aromatic rings. The van der Waals surface area contributed by atoms with Crippen LogP contribution in [0.15, 0.2) is 12.3 Å². The number of hydrogen-bond donors (Lipinski definition) is 1. The summed E-state index contributed by atoms with van der Waals surface area (Å²) in [6.07, 6.45) is 1.60. The van der Waals surface area contributed by atoms with Gasteiger partial charge in [-0.3, -0.25) is 5.10 Å². The average molecular weight is 180 g/mol. The molecule has 1 heterocycles. The molecule has 0 aliphatic rings. The van der Waals surface area contributed by atoms with Crippen LogP contribution in [-0.4, -0.2) is 17.3 Å². The fourth-order valence-electron chi connectivity index (χ4n) is 1.36. The lowest BCUT2D eigenvalue weighted by molar-refractivity contribution is 0.388. The molecule has 0 bridgehead atoms. The number of nitrogens with zero attached hydrogens (tertiary/aromatic N) is 1. The molecule has 68 valence electrons. The van der Waals surface area contributed by atoms with Crippen molar-refractivity contribution in [2.45, 2.75) is 6.92 Å². The van der Waals surface area contributed by atoms with Crippen molar-refractivity contribution < 1.29 is 9.13 Å². The summed E-state index contributed by atoms with van der Waals surface area (Å²) in [5.41, 5.74) is 1.35. The van der Waals surface area contributed by atoms with Crippen molar-refractivity contribution in [3.8, 4) is 5.75 Å². The molecule has 3 nitrogen and oxygen atoms in total. The summed E-state index contributed by atoms with van der Waals surface area (Å²) < 4.78 is 18.4. The van der Waals surface area contributed by atoms with E-state index in [0.717, 1.165) is 10.9 Å². The number of nitrogens with one attached hydrogen (secondary N) is 1. The van der Waals surface area contributed by atoms with Crippen molar-refractivity contribution in [2.24, 2.45) is 0 Å². The van der Waals surface area contributed by atoms with Crippen LogP contribution in [0.2, 0.25) is 0 Å². The van der Waals surface area contributed by atoms with Gasteiger partial charge in [-0.05, 0) is 18.6 Å². The van der Waals surface area contributed by atoms with Gasteiger partial charge in [-0.15, -0.1) is 0 Å². The maximum atomic E-state index is 13.5. The number of fused-ring (bicyclic) bond motifs is 1. The minimum Gasteiger partial charge on any atom is -0.494 e. The van der Waals surface area contributed by atoms with Gasteiger partial charge in [0.1, 0.15) is 5.52 Å². The van der Waals surface area contributed by atoms with Gasteiger partial charge < -0.3 is 4.74 Å². The van der Waals surface area contributed by atoms with E-state index in [-0.39, 0.29) is 11.6 Å². The molecule has 0 saturated heterocycles. The van der Waals surface area contributed by atoms with Crippen LogP contribution in [0.25, 0.3) is 10.9 Å². The molecule has 13 heavy (non-hydrogen) atoms. The van der Waals surface area contributed by atoms with Gasteiger partial charge in [0, 0.05) is 5.39 Å². The van der Waals surface area contributed by atoms with Crippen LogP contribution in [0, 0.1) is 12.7 Å². The number of ether oxygens (including phenoxy) is 1. The molecular formula is C9H9FN2O. The fourth-order valence-corrected chi connectivity index (χ4v) is 1.36. The predicted molar refractivity (Wildman–Crippen MR) is 47.3 cm³/mol. The van der Waals surface area contributed by atoms with Crippen molar-refractivity contribution in [2.75, 3.05) is 7.11 Å². The van der Waals surface area contributed by atoms with Crippen LogP contribution >= 0.6 is 0 Å². The first-order valence-electron chi connectivity index (χ1n) is 3.90. The molecule has 1 aromatic carbocycles. The lowest BCUT2D eigenvalue weighted by Crippen LogP contribution is -1.90. The molecule has 4 heteroatoms. The first-order valence-corrected chi connectivity index (χ1v) is 3.90. The molecule has 0 spiro atoms. The normalized spacial score (nSPS) is 10.7. The number of aromatic amines is 1. The topological polar surface area (TPSA) is 37.9 Å². The van der Waals surface area contributed by atoms with Gasteiger partial charge in [-0.2, -0.15) is 5.10 Å². The van der Waals surface area contributed by atoms with E-state index in [1.54, 1.807) is 12.3 Å². The van der Waals surface area contributed by atoms with Gasteiger partial charge in [-0.1, -0.05) is 0 Å². The molecule has 0 atom stereocenters. The second-order valence-corrected chi connectivity index (χ2v) is 2.87. The van der Waals surface area contributed by atoms with Crippen LogP contribution in [-0.2, 0) is 0 Å². The Kier molecular flexibility index (Phi) is 1.69. The van der Waals surface area contributed by atoms with Crippen LogP contribution in [0.1, 0.15) is 5.56 Å². The third-order valence-electron chi connectivity index (χ3n) is 2.07. The van der Waals surface area contributed by atoms with Gasteiger partial charge in [0.15, 0.2) is 11.6 Å². The van der Waals surface area contributed by atoms with Crippen molar-refractivity contribution in [3.63, 3.8) is 0 Å². The molecule has 1 N–H and O–H groups in total. The maximum Gasteiger partial charge on any atom is 0.190 e. The number of H-pyrrole nitrogens is 1. The Hall–Kier alpha value is -1.58. The summed E-state index contributed by atoms with van der Waals surface area (Å²) in [7, 11) is 1.44. The fraction of sp³-hybridized carbons (Fsp3) is 0.222. The monoisotopic (exact) mass is 180 g/mol. The molecule has 1 aromatic heterocycles. The van der Waals surface area contributed by atoms with Crippen molar-refractivity contribution in [1.82, 2.24) is 10.2 Å². The highest BCUT2D eigenvalue weighted by Gasteiger charge is 2.11. The predicted octanol–water partition coefficient (Wildman–Crippen LogP) is 2.02. The smallest absolute Gasteiger partial charge is 0.190 e. The van der Waals surface area contributed by atoms with E-state index in [1.165, 1.54) is 7.11 Å². The Balaban J connectivity index is 2.85. The Labute approximate surface area is 74.5 Å². The number of aromatic nitrogens is 2. The summed E-state index contributed by atoms with van der Waals surface area (Å²) >= 11 is 0. The zero-order chi connectivity index (χ0) is 9.42. The highest BCUT2D eigenvalue weighted by Crippen LogP contribution is 2.27. The first-order chi connectivity index (χ1) is 6.24. The first kappa shape index (κ1) is 8.04. The number of benzene rings is 1. The lowest BCUT2D eigenvalue weighted by Gasteiger charge is -2.03. The minimum atomic E-state index is -0.388. The largest absolute Gasteiger partial charge is 0.494 e. The van der Waals surface area contributed by atoms with E-state index in [1.807, 2.05) is 6.92 Å². The molecule has 0 radical (unpaired) electrons. The van der Waals surface area contributed by atoms with Gasteiger partial charge in [0.05, 0.1) is 13.3 Å². The molecule has 0 amide bonds. The van der Waals surface area contributed by atoms with Gasteiger partial charge in [0.25, 0.3) is 0 Å². The highest BCUT2D eigenvalue weighted by molar-refractivity contribution is 5.83. The second-order valence-electron chi connectivity index (χ2n) is 2.87. The minimum absolute atomic E-state index is 0.245. The SMILES string of the molecule is COc1cc(C)c2cn[nH]c2c1F. The summed E-state index contributed by atoms with van der Waals surface area (Å²) in [4.78, 5) is 0. The van der Waals surface area contributed by atoms with E-state index in [4.69, 9.17) is 4.74 Å². The van der Waals surface area contributed by atoms with Gasteiger partial charge >= 0.3 is 0 Å². The number of halogens is 1. The van der Waals surface area contributed by atoms with E-state index in [9.17, 15) is 4.39 Å². The zero-order valence-corrected chi connectivity index (χ0v) is 7.39. The van der Waals surface area contributed by atoms with E-state index < -0.39 is 0 Å². The van der Waals surface area contributed by atoms with Crippen LogP contribution in [0.5, 0.6) is 5.75 Å². The standard InChI is InChI=1S/C9H9FN2O/c1-5-3-7(13-2)8(10)9-6(5)4-11-12-9/h3-4H,1-2H3,(H,11,12). The van der Waals surface area contributed by atoms with E-state index in [0.29, 0.717) is 5.52 Å². The average Bonchev–Trinajstić information content (AvgIpc) is 2.60. The quantitative estimate of drug-likeness (QED) is 0.729. The van der Waals surface area contributed by atoms with E-state index >= 15 is 0 Å². The molecule has 0 aliphatic heterocycles. The lowest BCUT2D eigenvalue weighted by atomic mass is 10.1. The highest BCUT2D eigenvalue weighted by atomic mass is 19.1. The van der Waals surface area contributed by atoms with Crippen LogP contribution in [0.3, 0.4) is 0 Å². The summed E-state index contributed by atoms with van der Waals surface area (Å²) in [6, 6.07) is 1.66. The Morgan fingerprint density at radius 3 is 3.00 bits per heavy atom. The third kappa shape index (κ3) is 1.06. The van der Waals surface area contributed by atoms with Crippen molar-refractivity contribution in [3.05, 3.63) is 23.6 Å². The molecule has 0 saturated carbocycles. The van der Waals surface area contributed by atoms with Crippen molar-refractivity contribution in [1.29, 1.82) is 0 Å². The number of hydrogen-bond acceptors (Lipinski definition) is 2. The maximum absolute atomic E-state index is 13.5. The Bertz CT molecular complexity index is 450. The molecular weight excluding hydrogens is 171 g/mol. The number of rotatable bonds is 1. The van der Waals surface area contributed by atoms with Crippen molar-refractivity contribution >= 4 is 10.9 Å². The Morgan fingerprint density at radius 1 is 1.54 bits per heavy atom. The number of aryl methyl sites for hydroxylation is 1. The molecule has 0 fully saturated rings. The molecule has 0 unspecified atom stereocenters. The molecule has 2 rings (SSSR count). The summed E-state index contributed by atoms with van der Waals surface area (Å²) in [5.74, 6) is -0.144. The Morgan fingerprint density at radius 2 is 2.31 bits per heavy atom.